The van der Waals surface area contributed by atoms with E-state index < -0.39 is 41.1 Å². The number of carbonyl (C=O) groups excluding carboxylic acids is 4. The van der Waals surface area contributed by atoms with Gasteiger partial charge in [0.2, 0.25) is 17.7 Å². The van der Waals surface area contributed by atoms with Gasteiger partial charge in [-0.05, 0) is 72.9 Å². The van der Waals surface area contributed by atoms with Crippen molar-refractivity contribution in [3.8, 4) is 0 Å². The molecule has 0 heterocycles. The zero-order chi connectivity index (χ0) is 26.4. The van der Waals surface area contributed by atoms with Crippen LogP contribution in [0.5, 0.6) is 0 Å². The standard InChI is InChI=1S/C25H40N4O5/c1-15-10-11-17(16(2)14-15)20(21(31)28-24(3,4)5)29(9)22(32)18(12-13-19(26)30)27-23(33)34-25(6,7)8/h10-11,14,18,20H,12-13H2,1-9H3,(H2,26,30)(H,27,33)(H,28,31). The summed E-state index contributed by atoms with van der Waals surface area (Å²) in [4.78, 5) is 52.0. The largest absolute Gasteiger partial charge is 0.444 e. The van der Waals surface area contributed by atoms with E-state index in [1.165, 1.54) is 11.9 Å². The van der Waals surface area contributed by atoms with Crippen molar-refractivity contribution in [2.24, 2.45) is 5.73 Å². The smallest absolute Gasteiger partial charge is 0.408 e. The molecule has 34 heavy (non-hydrogen) atoms. The van der Waals surface area contributed by atoms with Crippen LogP contribution in [-0.4, -0.2) is 52.9 Å². The Labute approximate surface area is 202 Å². The van der Waals surface area contributed by atoms with E-state index in [-0.39, 0.29) is 18.7 Å². The lowest BCUT2D eigenvalue weighted by Crippen LogP contribution is -2.53. The van der Waals surface area contributed by atoms with E-state index >= 15 is 0 Å². The van der Waals surface area contributed by atoms with E-state index in [0.717, 1.165) is 11.1 Å². The number of nitrogens with two attached hydrogens (primary N) is 1. The number of rotatable bonds is 8. The highest BCUT2D eigenvalue weighted by Gasteiger charge is 2.36. The summed E-state index contributed by atoms with van der Waals surface area (Å²) in [5.74, 6) is -1.51. The van der Waals surface area contributed by atoms with E-state index in [1.807, 2.05) is 52.8 Å². The molecule has 0 aromatic heterocycles. The Balaban J connectivity index is 3.36. The van der Waals surface area contributed by atoms with Crippen LogP contribution in [0.3, 0.4) is 0 Å². The summed E-state index contributed by atoms with van der Waals surface area (Å²) < 4.78 is 5.28. The number of alkyl carbamates (subject to hydrolysis) is 1. The average molecular weight is 477 g/mol. The molecule has 0 spiro atoms. The molecule has 2 unspecified atom stereocenters. The van der Waals surface area contributed by atoms with Crippen molar-refractivity contribution in [1.29, 1.82) is 0 Å². The molecule has 9 nitrogen and oxygen atoms in total. The molecule has 0 fully saturated rings. The van der Waals surface area contributed by atoms with Gasteiger partial charge in [-0.3, -0.25) is 14.4 Å². The third kappa shape index (κ3) is 9.41. The Morgan fingerprint density at radius 3 is 2.12 bits per heavy atom. The minimum Gasteiger partial charge on any atom is -0.444 e. The second-order valence-corrected chi connectivity index (χ2v) is 10.7. The topological polar surface area (TPSA) is 131 Å². The van der Waals surface area contributed by atoms with E-state index in [1.54, 1.807) is 20.8 Å². The number of primary amides is 1. The van der Waals surface area contributed by atoms with Crippen molar-refractivity contribution in [1.82, 2.24) is 15.5 Å². The SMILES string of the molecule is Cc1ccc(C(C(=O)NC(C)(C)C)N(C)C(=O)C(CCC(N)=O)NC(=O)OC(C)(C)C)c(C)c1. The van der Waals surface area contributed by atoms with Crippen LogP contribution >= 0.6 is 0 Å². The fourth-order valence-corrected chi connectivity index (χ4v) is 3.46. The van der Waals surface area contributed by atoms with E-state index in [2.05, 4.69) is 10.6 Å². The quantitative estimate of drug-likeness (QED) is 0.531. The van der Waals surface area contributed by atoms with Crippen LogP contribution in [-0.2, 0) is 19.1 Å². The Bertz CT molecular complexity index is 915. The first-order chi connectivity index (χ1) is 15.4. The molecular formula is C25H40N4O5. The highest BCUT2D eigenvalue weighted by atomic mass is 16.6. The Hall–Kier alpha value is -3.10. The van der Waals surface area contributed by atoms with Crippen LogP contribution in [0.1, 0.15) is 77.1 Å². The number of hydrogen-bond donors (Lipinski definition) is 3. The second-order valence-electron chi connectivity index (χ2n) is 10.7. The highest BCUT2D eigenvalue weighted by Crippen LogP contribution is 2.26. The summed E-state index contributed by atoms with van der Waals surface area (Å²) in [5.41, 5.74) is 6.51. The van der Waals surface area contributed by atoms with Gasteiger partial charge < -0.3 is 26.0 Å². The van der Waals surface area contributed by atoms with E-state index in [4.69, 9.17) is 10.5 Å². The van der Waals surface area contributed by atoms with Crippen molar-refractivity contribution in [2.75, 3.05) is 7.05 Å². The van der Waals surface area contributed by atoms with E-state index in [0.29, 0.717) is 5.56 Å². The van der Waals surface area contributed by atoms with Crippen molar-refractivity contribution in [3.63, 3.8) is 0 Å². The van der Waals surface area contributed by atoms with Crippen molar-refractivity contribution in [3.05, 3.63) is 34.9 Å². The fourth-order valence-electron chi connectivity index (χ4n) is 3.46. The monoisotopic (exact) mass is 476 g/mol. The number of amides is 4. The number of nitrogens with zero attached hydrogens (tertiary/aromatic N) is 1. The molecule has 1 rings (SSSR count). The third-order valence-corrected chi connectivity index (χ3v) is 4.87. The molecular weight excluding hydrogens is 436 g/mol. The van der Waals surface area contributed by atoms with Gasteiger partial charge in [0.1, 0.15) is 17.7 Å². The number of hydrogen-bond acceptors (Lipinski definition) is 5. The van der Waals surface area contributed by atoms with Crippen LogP contribution in [0.4, 0.5) is 4.79 Å². The maximum absolute atomic E-state index is 13.5. The zero-order valence-electron chi connectivity index (χ0n) is 21.9. The molecule has 0 aliphatic heterocycles. The molecule has 0 saturated heterocycles. The molecule has 0 aliphatic carbocycles. The number of likely N-dealkylation sites (N-methyl/N-ethyl adjacent to an activating group) is 1. The molecule has 0 bridgehead atoms. The van der Waals surface area contributed by atoms with Gasteiger partial charge in [0.25, 0.3) is 0 Å². The third-order valence-electron chi connectivity index (χ3n) is 4.87. The molecule has 0 radical (unpaired) electrons. The summed E-state index contributed by atoms with van der Waals surface area (Å²) in [6.07, 6.45) is -0.952. The summed E-state index contributed by atoms with van der Waals surface area (Å²) in [7, 11) is 1.50. The summed E-state index contributed by atoms with van der Waals surface area (Å²) in [5, 5.41) is 5.47. The molecule has 2 atom stereocenters. The lowest BCUT2D eigenvalue weighted by Gasteiger charge is -2.34. The number of benzene rings is 1. The average Bonchev–Trinajstić information content (AvgIpc) is 2.63. The Kier molecular flexibility index (Phi) is 9.66. The molecule has 4 amide bonds. The van der Waals surface area contributed by atoms with Gasteiger partial charge >= 0.3 is 6.09 Å². The predicted molar refractivity (Wildman–Crippen MR) is 131 cm³/mol. The highest BCUT2D eigenvalue weighted by molar-refractivity contribution is 5.92. The van der Waals surface area contributed by atoms with Crippen LogP contribution in [0.15, 0.2) is 18.2 Å². The van der Waals surface area contributed by atoms with Crippen LogP contribution < -0.4 is 16.4 Å². The maximum atomic E-state index is 13.5. The fraction of sp³-hybridized carbons (Fsp3) is 0.600. The zero-order valence-corrected chi connectivity index (χ0v) is 21.9. The van der Waals surface area contributed by atoms with E-state index in [9.17, 15) is 19.2 Å². The van der Waals surface area contributed by atoms with Crippen LogP contribution in [0, 0.1) is 13.8 Å². The van der Waals surface area contributed by atoms with Crippen LogP contribution in [0.25, 0.3) is 0 Å². The normalized spacial score (nSPS) is 13.4. The maximum Gasteiger partial charge on any atom is 0.408 e. The van der Waals surface area contributed by atoms with Gasteiger partial charge in [0.05, 0.1) is 0 Å². The lowest BCUT2D eigenvalue weighted by atomic mass is 9.95. The summed E-state index contributed by atoms with van der Waals surface area (Å²) >= 11 is 0. The summed E-state index contributed by atoms with van der Waals surface area (Å²) in [6, 6.07) is 3.57. The van der Waals surface area contributed by atoms with Gasteiger partial charge in [-0.15, -0.1) is 0 Å². The minimum atomic E-state index is -1.11. The first-order valence-electron chi connectivity index (χ1n) is 11.3. The second kappa shape index (κ2) is 11.4. The molecule has 0 aliphatic rings. The van der Waals surface area contributed by atoms with Gasteiger partial charge in [0, 0.05) is 19.0 Å². The van der Waals surface area contributed by atoms with Gasteiger partial charge in [-0.1, -0.05) is 23.8 Å². The first-order valence-corrected chi connectivity index (χ1v) is 11.3. The number of carbonyl (C=O) groups is 4. The van der Waals surface area contributed by atoms with Crippen molar-refractivity contribution >= 4 is 23.8 Å². The molecule has 1 aromatic rings. The Morgan fingerprint density at radius 2 is 1.65 bits per heavy atom. The van der Waals surface area contributed by atoms with Gasteiger partial charge in [-0.2, -0.15) is 0 Å². The van der Waals surface area contributed by atoms with Crippen molar-refractivity contribution in [2.45, 2.75) is 91.5 Å². The number of ether oxygens (including phenoxy) is 1. The minimum absolute atomic E-state index is 0.0295. The number of nitrogens with one attached hydrogen (secondary N) is 2. The molecule has 9 heteroatoms. The number of aryl methyl sites for hydroxylation is 2. The van der Waals surface area contributed by atoms with Gasteiger partial charge in [-0.25, -0.2) is 4.79 Å². The first kappa shape index (κ1) is 28.9. The van der Waals surface area contributed by atoms with Gasteiger partial charge in [0.15, 0.2) is 0 Å². The predicted octanol–water partition coefficient (Wildman–Crippen LogP) is 2.88. The molecule has 1 aromatic carbocycles. The van der Waals surface area contributed by atoms with Crippen molar-refractivity contribution < 1.29 is 23.9 Å². The summed E-state index contributed by atoms with van der Waals surface area (Å²) in [6.45, 7) is 14.5. The molecule has 4 N–H and O–H groups in total. The molecule has 190 valence electrons. The lowest BCUT2D eigenvalue weighted by molar-refractivity contribution is -0.141. The Morgan fingerprint density at radius 1 is 1.06 bits per heavy atom. The molecule has 0 saturated carbocycles. The van der Waals surface area contributed by atoms with Crippen LogP contribution in [0.2, 0.25) is 0 Å².